The maximum Gasteiger partial charge on any atom is 0.252 e. The molecule has 0 aliphatic rings. The molecule has 4 nitrogen and oxygen atoms in total. The summed E-state index contributed by atoms with van der Waals surface area (Å²) in [6, 6.07) is 16.6. The first-order valence-corrected chi connectivity index (χ1v) is 7.61. The largest absolute Gasteiger partial charge is 0.458 e. The Kier molecular flexibility index (Phi) is 4.65. The van der Waals surface area contributed by atoms with Crippen LogP contribution >= 0.6 is 11.6 Å². The number of halogens is 1. The average molecular weight is 330 g/mol. The summed E-state index contributed by atoms with van der Waals surface area (Å²) in [5, 5.41) is 4.25. The summed E-state index contributed by atoms with van der Waals surface area (Å²) in [6.07, 6.45) is -0.367. The van der Waals surface area contributed by atoms with E-state index in [0.29, 0.717) is 22.9 Å². The number of rotatable bonds is 5. The van der Waals surface area contributed by atoms with E-state index in [0.717, 1.165) is 11.0 Å². The number of benzene rings is 2. The molecule has 23 heavy (non-hydrogen) atoms. The van der Waals surface area contributed by atoms with Crippen molar-refractivity contribution in [3.05, 3.63) is 70.9 Å². The molecule has 1 aromatic heterocycles. The van der Waals surface area contributed by atoms with Crippen LogP contribution in [0.1, 0.15) is 22.2 Å². The van der Waals surface area contributed by atoms with Crippen LogP contribution in [0.3, 0.4) is 0 Å². The molecule has 3 aromatic rings. The monoisotopic (exact) mass is 329 g/mol. The van der Waals surface area contributed by atoms with Crippen molar-refractivity contribution in [2.24, 2.45) is 0 Å². The zero-order valence-corrected chi connectivity index (χ0v) is 13.3. The summed E-state index contributed by atoms with van der Waals surface area (Å²) in [7, 11) is 1.58. The third-order valence-corrected chi connectivity index (χ3v) is 3.94. The lowest BCUT2D eigenvalue weighted by Crippen LogP contribution is -2.29. The first kappa shape index (κ1) is 15.6. The Balaban J connectivity index is 1.72. The molecule has 1 atom stereocenters. The van der Waals surface area contributed by atoms with Crippen LogP contribution in [0, 0.1) is 0 Å². The van der Waals surface area contributed by atoms with Crippen molar-refractivity contribution in [2.45, 2.75) is 6.10 Å². The van der Waals surface area contributed by atoms with Crippen LogP contribution in [-0.2, 0) is 4.74 Å². The fourth-order valence-corrected chi connectivity index (χ4v) is 2.61. The van der Waals surface area contributed by atoms with Gasteiger partial charge in [-0.1, -0.05) is 41.9 Å². The number of methoxy groups -OCH3 is 1. The van der Waals surface area contributed by atoms with Gasteiger partial charge in [0.25, 0.3) is 5.91 Å². The van der Waals surface area contributed by atoms with Gasteiger partial charge in [0.1, 0.15) is 17.4 Å². The standard InChI is InChI=1S/C18H16ClNO3/c1-22-17(16-10-12-6-2-5-9-15(12)23-16)11-20-18(21)13-7-3-4-8-14(13)19/h2-10,17H,11H2,1H3,(H,20,21)/t17-/m0/s1. The van der Waals surface area contributed by atoms with Crippen LogP contribution in [-0.4, -0.2) is 19.6 Å². The first-order chi connectivity index (χ1) is 11.2. The normalized spacial score (nSPS) is 12.3. The van der Waals surface area contributed by atoms with Crippen LogP contribution in [0.4, 0.5) is 0 Å². The van der Waals surface area contributed by atoms with E-state index in [1.54, 1.807) is 31.4 Å². The molecule has 5 heteroatoms. The maximum atomic E-state index is 12.2. The number of hydrogen-bond acceptors (Lipinski definition) is 3. The molecule has 0 aliphatic heterocycles. The van der Waals surface area contributed by atoms with Crippen molar-refractivity contribution < 1.29 is 13.9 Å². The summed E-state index contributed by atoms with van der Waals surface area (Å²) in [6.45, 7) is 0.292. The third-order valence-electron chi connectivity index (χ3n) is 3.61. The highest BCUT2D eigenvalue weighted by Crippen LogP contribution is 2.25. The molecule has 0 saturated heterocycles. The molecule has 2 aromatic carbocycles. The second kappa shape index (κ2) is 6.86. The van der Waals surface area contributed by atoms with Gasteiger partial charge in [-0.25, -0.2) is 0 Å². The lowest BCUT2D eigenvalue weighted by Gasteiger charge is -2.14. The second-order valence-electron chi connectivity index (χ2n) is 5.10. The van der Waals surface area contributed by atoms with E-state index in [2.05, 4.69) is 5.32 Å². The number of amides is 1. The van der Waals surface area contributed by atoms with Gasteiger partial charge in [-0.3, -0.25) is 4.79 Å². The van der Waals surface area contributed by atoms with Gasteiger partial charge in [-0.15, -0.1) is 0 Å². The van der Waals surface area contributed by atoms with E-state index in [9.17, 15) is 4.79 Å². The van der Waals surface area contributed by atoms with Crippen molar-refractivity contribution in [1.29, 1.82) is 0 Å². The lowest BCUT2D eigenvalue weighted by molar-refractivity contribution is 0.0747. The summed E-state index contributed by atoms with van der Waals surface area (Å²) in [5.41, 5.74) is 1.23. The molecule has 118 valence electrons. The lowest BCUT2D eigenvalue weighted by atomic mass is 10.2. The molecule has 0 unspecified atom stereocenters. The first-order valence-electron chi connectivity index (χ1n) is 7.23. The number of nitrogens with one attached hydrogen (secondary N) is 1. The minimum absolute atomic E-state index is 0.242. The molecular weight excluding hydrogens is 314 g/mol. The molecule has 3 rings (SSSR count). The Morgan fingerprint density at radius 3 is 2.70 bits per heavy atom. The Bertz CT molecular complexity index is 795. The van der Waals surface area contributed by atoms with E-state index in [1.807, 2.05) is 30.3 Å². The fourth-order valence-electron chi connectivity index (χ4n) is 2.39. The Labute approximate surface area is 139 Å². The van der Waals surface area contributed by atoms with Crippen LogP contribution in [0.5, 0.6) is 0 Å². The molecule has 1 N–H and O–H groups in total. The van der Waals surface area contributed by atoms with Gasteiger partial charge in [0.05, 0.1) is 17.1 Å². The van der Waals surface area contributed by atoms with E-state index < -0.39 is 0 Å². The molecule has 0 radical (unpaired) electrons. The van der Waals surface area contributed by atoms with E-state index in [4.69, 9.17) is 20.8 Å². The van der Waals surface area contributed by atoms with Gasteiger partial charge in [-0.05, 0) is 24.3 Å². The van der Waals surface area contributed by atoms with Crippen LogP contribution < -0.4 is 5.32 Å². The number of ether oxygens (including phenoxy) is 1. The number of carbonyl (C=O) groups is 1. The molecular formula is C18H16ClNO3. The van der Waals surface area contributed by atoms with Gasteiger partial charge in [0.15, 0.2) is 0 Å². The number of fused-ring (bicyclic) bond motifs is 1. The minimum atomic E-state index is -0.367. The van der Waals surface area contributed by atoms with E-state index >= 15 is 0 Å². The fraction of sp³-hybridized carbons (Fsp3) is 0.167. The zero-order chi connectivity index (χ0) is 16.2. The highest BCUT2D eigenvalue weighted by Gasteiger charge is 2.18. The molecule has 0 fully saturated rings. The predicted octanol–water partition coefficient (Wildman–Crippen LogP) is 4.20. The Morgan fingerprint density at radius 2 is 1.96 bits per heavy atom. The third kappa shape index (κ3) is 3.38. The summed E-state index contributed by atoms with van der Waals surface area (Å²) in [4.78, 5) is 12.2. The Hall–Kier alpha value is -2.30. The molecule has 1 heterocycles. The highest BCUT2D eigenvalue weighted by atomic mass is 35.5. The van der Waals surface area contributed by atoms with E-state index in [-0.39, 0.29) is 12.0 Å². The van der Waals surface area contributed by atoms with Crippen LogP contribution in [0.25, 0.3) is 11.0 Å². The SMILES string of the molecule is CO[C@@H](CNC(=O)c1ccccc1Cl)c1cc2ccccc2o1. The van der Waals surface area contributed by atoms with E-state index in [1.165, 1.54) is 0 Å². The van der Waals surface area contributed by atoms with Gasteiger partial charge < -0.3 is 14.5 Å². The zero-order valence-electron chi connectivity index (χ0n) is 12.6. The van der Waals surface area contributed by atoms with Gasteiger partial charge in [0, 0.05) is 12.5 Å². The predicted molar refractivity (Wildman–Crippen MR) is 89.7 cm³/mol. The van der Waals surface area contributed by atoms with Crippen molar-refractivity contribution in [3.8, 4) is 0 Å². The van der Waals surface area contributed by atoms with Gasteiger partial charge in [-0.2, -0.15) is 0 Å². The van der Waals surface area contributed by atoms with Crippen molar-refractivity contribution >= 4 is 28.5 Å². The number of furan rings is 1. The molecule has 0 bridgehead atoms. The molecule has 0 spiro atoms. The molecule has 0 saturated carbocycles. The number of para-hydroxylation sites is 1. The topological polar surface area (TPSA) is 51.5 Å². The highest BCUT2D eigenvalue weighted by molar-refractivity contribution is 6.33. The maximum absolute atomic E-state index is 12.2. The molecule has 1 amide bonds. The Morgan fingerprint density at radius 1 is 1.22 bits per heavy atom. The van der Waals surface area contributed by atoms with Crippen molar-refractivity contribution in [3.63, 3.8) is 0 Å². The summed E-state index contributed by atoms with van der Waals surface area (Å²) >= 11 is 6.03. The summed E-state index contributed by atoms with van der Waals surface area (Å²) in [5.74, 6) is 0.432. The van der Waals surface area contributed by atoms with Gasteiger partial charge in [0.2, 0.25) is 0 Å². The van der Waals surface area contributed by atoms with Crippen molar-refractivity contribution in [2.75, 3.05) is 13.7 Å². The molecule has 0 aliphatic carbocycles. The minimum Gasteiger partial charge on any atom is -0.458 e. The average Bonchev–Trinajstić information content (AvgIpc) is 2.99. The smallest absolute Gasteiger partial charge is 0.252 e. The second-order valence-corrected chi connectivity index (χ2v) is 5.51. The van der Waals surface area contributed by atoms with Gasteiger partial charge >= 0.3 is 0 Å². The number of hydrogen-bond donors (Lipinski definition) is 1. The van der Waals surface area contributed by atoms with Crippen LogP contribution in [0.15, 0.2) is 59.0 Å². The summed E-state index contributed by atoms with van der Waals surface area (Å²) < 4.78 is 11.2. The van der Waals surface area contributed by atoms with Crippen molar-refractivity contribution in [1.82, 2.24) is 5.32 Å². The quantitative estimate of drug-likeness (QED) is 0.763. The number of carbonyl (C=O) groups excluding carboxylic acids is 1. The van der Waals surface area contributed by atoms with Crippen LogP contribution in [0.2, 0.25) is 5.02 Å².